The van der Waals surface area contributed by atoms with Crippen molar-refractivity contribution in [2.24, 2.45) is 5.92 Å². The first-order chi connectivity index (χ1) is 10.4. The van der Waals surface area contributed by atoms with Gasteiger partial charge in [-0.2, -0.15) is 16.9 Å². The van der Waals surface area contributed by atoms with Gasteiger partial charge in [0.05, 0.1) is 5.69 Å². The largest absolute Gasteiger partial charge is 0.354 e. The summed E-state index contributed by atoms with van der Waals surface area (Å²) in [5.41, 5.74) is 1.19. The van der Waals surface area contributed by atoms with Gasteiger partial charge in [0.2, 0.25) is 0 Å². The third-order valence-electron chi connectivity index (χ3n) is 4.86. The van der Waals surface area contributed by atoms with Crippen LogP contribution in [0.1, 0.15) is 37.3 Å². The first kappa shape index (κ1) is 13.8. The van der Waals surface area contributed by atoms with Crippen LogP contribution < -0.4 is 10.2 Å². The van der Waals surface area contributed by atoms with Crippen LogP contribution in [-0.2, 0) is 0 Å². The fourth-order valence-electron chi connectivity index (χ4n) is 3.22. The van der Waals surface area contributed by atoms with Crippen molar-refractivity contribution in [2.45, 2.75) is 37.6 Å². The molecule has 3 heterocycles. The van der Waals surface area contributed by atoms with Crippen LogP contribution in [0.5, 0.6) is 0 Å². The van der Waals surface area contributed by atoms with E-state index < -0.39 is 0 Å². The monoisotopic (exact) mass is 304 g/mol. The van der Waals surface area contributed by atoms with E-state index in [-0.39, 0.29) is 0 Å². The first-order valence-corrected chi connectivity index (χ1v) is 9.43. The van der Waals surface area contributed by atoms with Gasteiger partial charge in [-0.15, -0.1) is 5.10 Å². The van der Waals surface area contributed by atoms with Gasteiger partial charge in [0.1, 0.15) is 0 Å². The molecular weight excluding hydrogens is 280 g/mol. The van der Waals surface area contributed by atoms with Crippen molar-refractivity contribution < 1.29 is 0 Å². The van der Waals surface area contributed by atoms with Crippen molar-refractivity contribution in [3.8, 4) is 0 Å². The molecule has 4 nitrogen and oxygen atoms in total. The molecule has 0 atom stereocenters. The third-order valence-corrected chi connectivity index (χ3v) is 5.91. The summed E-state index contributed by atoms with van der Waals surface area (Å²) in [5.74, 6) is 5.21. The minimum Gasteiger partial charge on any atom is -0.354 e. The van der Waals surface area contributed by atoms with Crippen molar-refractivity contribution in [1.29, 1.82) is 0 Å². The number of nitrogens with zero attached hydrogens (tertiary/aromatic N) is 3. The molecule has 5 heteroatoms. The molecule has 1 N–H and O–H groups in total. The quantitative estimate of drug-likeness (QED) is 0.904. The number of thioether (sulfide) groups is 1. The molecule has 0 radical (unpaired) electrons. The lowest BCUT2D eigenvalue weighted by Gasteiger charge is -2.40. The maximum Gasteiger partial charge on any atom is 0.151 e. The maximum absolute atomic E-state index is 4.40. The van der Waals surface area contributed by atoms with Gasteiger partial charge >= 0.3 is 0 Å². The molecule has 0 amide bonds. The lowest BCUT2D eigenvalue weighted by molar-refractivity contribution is 0.351. The third kappa shape index (κ3) is 3.34. The Kier molecular flexibility index (Phi) is 4.03. The topological polar surface area (TPSA) is 41.0 Å². The summed E-state index contributed by atoms with van der Waals surface area (Å²) < 4.78 is 0. The molecular formula is C16H24N4S. The van der Waals surface area contributed by atoms with Crippen LogP contribution in [0.4, 0.5) is 5.82 Å². The Balaban J connectivity index is 1.21. The van der Waals surface area contributed by atoms with E-state index in [1.165, 1.54) is 49.4 Å². The molecule has 0 spiro atoms. The van der Waals surface area contributed by atoms with E-state index in [1.807, 2.05) is 0 Å². The molecule has 4 rings (SSSR count). The van der Waals surface area contributed by atoms with E-state index in [0.717, 1.165) is 30.9 Å². The van der Waals surface area contributed by atoms with Crippen molar-refractivity contribution in [3.63, 3.8) is 0 Å². The molecule has 21 heavy (non-hydrogen) atoms. The number of rotatable bonds is 5. The van der Waals surface area contributed by atoms with Crippen LogP contribution in [0, 0.1) is 5.92 Å². The highest BCUT2D eigenvalue weighted by atomic mass is 32.2. The molecule has 2 aliphatic heterocycles. The van der Waals surface area contributed by atoms with Crippen molar-refractivity contribution in [1.82, 2.24) is 15.5 Å². The number of nitrogens with one attached hydrogen (secondary N) is 1. The second-order valence-corrected chi connectivity index (χ2v) is 7.88. The fraction of sp³-hybridized carbons (Fsp3) is 0.750. The summed E-state index contributed by atoms with van der Waals surface area (Å²) >= 11 is 2.09. The summed E-state index contributed by atoms with van der Waals surface area (Å²) in [6.45, 7) is 3.43. The first-order valence-electron chi connectivity index (χ1n) is 8.28. The Bertz CT molecular complexity index is 462. The highest BCUT2D eigenvalue weighted by molar-refractivity contribution is 7.99. The second-order valence-electron chi connectivity index (χ2n) is 6.66. The van der Waals surface area contributed by atoms with Crippen LogP contribution in [0.15, 0.2) is 12.1 Å². The number of hydrogen-bond donors (Lipinski definition) is 1. The Morgan fingerprint density at radius 2 is 1.90 bits per heavy atom. The number of anilines is 1. The summed E-state index contributed by atoms with van der Waals surface area (Å²) in [7, 11) is 0. The molecule has 1 saturated carbocycles. The summed E-state index contributed by atoms with van der Waals surface area (Å²) in [6.07, 6.45) is 5.28. The minimum absolute atomic E-state index is 0.702. The van der Waals surface area contributed by atoms with Gasteiger partial charge in [-0.25, -0.2) is 0 Å². The maximum atomic E-state index is 4.40. The number of hydrogen-bond acceptors (Lipinski definition) is 5. The van der Waals surface area contributed by atoms with Crippen LogP contribution >= 0.6 is 11.8 Å². The Labute approximate surface area is 131 Å². The Morgan fingerprint density at radius 1 is 1.10 bits per heavy atom. The average Bonchev–Trinajstić information content (AvgIpc) is 3.32. The molecule has 3 aliphatic rings. The molecule has 114 valence electrons. The van der Waals surface area contributed by atoms with E-state index in [4.69, 9.17) is 0 Å². The van der Waals surface area contributed by atoms with Gasteiger partial charge < -0.3 is 10.2 Å². The van der Waals surface area contributed by atoms with Crippen LogP contribution in [0.2, 0.25) is 0 Å². The predicted molar refractivity (Wildman–Crippen MR) is 88.1 cm³/mol. The Morgan fingerprint density at radius 3 is 2.57 bits per heavy atom. The van der Waals surface area contributed by atoms with Gasteiger partial charge in [0, 0.05) is 37.5 Å². The minimum atomic E-state index is 0.702. The van der Waals surface area contributed by atoms with Crippen molar-refractivity contribution in [2.75, 3.05) is 36.0 Å². The molecule has 0 aromatic carbocycles. The van der Waals surface area contributed by atoms with Crippen molar-refractivity contribution in [3.05, 3.63) is 17.8 Å². The molecule has 1 aromatic heterocycles. The average molecular weight is 304 g/mol. The molecule has 1 aromatic rings. The Hall–Kier alpha value is -0.810. The smallest absolute Gasteiger partial charge is 0.151 e. The van der Waals surface area contributed by atoms with Crippen LogP contribution in [0.3, 0.4) is 0 Å². The highest BCUT2D eigenvalue weighted by Gasteiger charge is 2.30. The van der Waals surface area contributed by atoms with E-state index in [0.29, 0.717) is 5.92 Å². The molecule has 0 bridgehead atoms. The highest BCUT2D eigenvalue weighted by Crippen LogP contribution is 2.38. The van der Waals surface area contributed by atoms with Gasteiger partial charge in [-0.1, -0.05) is 0 Å². The standard InChI is InChI=1S/C16H24N4S/c1-2-13(1)15-3-4-16(19-18-15)20-10-12(11-20)9-17-14-5-7-21-8-6-14/h3-4,12-14,17H,1-2,5-11H2. The predicted octanol–water partition coefficient (Wildman–Crippen LogP) is 2.28. The van der Waals surface area contributed by atoms with E-state index in [2.05, 4.69) is 44.3 Å². The van der Waals surface area contributed by atoms with Gasteiger partial charge in [-0.3, -0.25) is 0 Å². The van der Waals surface area contributed by atoms with Crippen molar-refractivity contribution >= 4 is 17.6 Å². The number of aromatic nitrogens is 2. The van der Waals surface area contributed by atoms with E-state index in [9.17, 15) is 0 Å². The second kappa shape index (κ2) is 6.13. The zero-order valence-electron chi connectivity index (χ0n) is 12.5. The summed E-state index contributed by atoms with van der Waals surface area (Å²) in [6, 6.07) is 5.09. The van der Waals surface area contributed by atoms with Crippen LogP contribution in [0.25, 0.3) is 0 Å². The molecule has 0 unspecified atom stereocenters. The zero-order valence-corrected chi connectivity index (χ0v) is 13.3. The van der Waals surface area contributed by atoms with E-state index >= 15 is 0 Å². The van der Waals surface area contributed by atoms with E-state index in [1.54, 1.807) is 0 Å². The molecule has 3 fully saturated rings. The molecule has 1 aliphatic carbocycles. The lowest BCUT2D eigenvalue weighted by Crippen LogP contribution is -2.52. The van der Waals surface area contributed by atoms with Gasteiger partial charge in [0.25, 0.3) is 0 Å². The summed E-state index contributed by atoms with van der Waals surface area (Å²) in [4.78, 5) is 2.35. The lowest BCUT2D eigenvalue weighted by atomic mass is 9.99. The zero-order chi connectivity index (χ0) is 14.1. The normalized spacial score (nSPS) is 24.1. The van der Waals surface area contributed by atoms with Crippen LogP contribution in [-0.4, -0.2) is 47.4 Å². The fourth-order valence-corrected chi connectivity index (χ4v) is 4.33. The SMILES string of the molecule is c1cc(N2CC(CNC3CCSCC3)C2)nnc1C1CC1. The van der Waals surface area contributed by atoms with Gasteiger partial charge in [0.15, 0.2) is 5.82 Å². The molecule has 2 saturated heterocycles. The summed E-state index contributed by atoms with van der Waals surface area (Å²) in [5, 5.41) is 12.5. The van der Waals surface area contributed by atoms with Gasteiger partial charge in [-0.05, 0) is 49.3 Å².